The fourth-order valence-corrected chi connectivity index (χ4v) is 2.05. The van der Waals surface area contributed by atoms with Crippen LogP contribution in [0.3, 0.4) is 0 Å². The number of carbonyl (C=O) groups is 2. The first-order chi connectivity index (χ1) is 6.29. The standard InChI is InChI=1S/C9H14N2O2.ClH/c12-8-3-4-9(13)11(8)7-2-1-5-10-6-7;/h7,10H,1-6H2;1H. The van der Waals surface area contributed by atoms with Crippen molar-refractivity contribution in [1.29, 1.82) is 0 Å². The Balaban J connectivity index is 0.000000980. The monoisotopic (exact) mass is 218 g/mol. The fraction of sp³-hybridized carbons (Fsp3) is 0.778. The van der Waals surface area contributed by atoms with Crippen molar-refractivity contribution in [2.75, 3.05) is 13.1 Å². The van der Waals surface area contributed by atoms with E-state index in [1.807, 2.05) is 0 Å². The predicted molar refractivity (Wildman–Crippen MR) is 54.2 cm³/mol. The topological polar surface area (TPSA) is 49.4 Å². The molecule has 2 saturated heterocycles. The highest BCUT2D eigenvalue weighted by atomic mass is 35.5. The molecule has 0 aromatic rings. The van der Waals surface area contributed by atoms with E-state index in [0.717, 1.165) is 25.9 Å². The van der Waals surface area contributed by atoms with Crippen LogP contribution in [0, 0.1) is 0 Å². The minimum atomic E-state index is 0. The molecule has 0 saturated carbocycles. The summed E-state index contributed by atoms with van der Waals surface area (Å²) >= 11 is 0. The van der Waals surface area contributed by atoms with Crippen molar-refractivity contribution in [2.45, 2.75) is 31.7 Å². The average Bonchev–Trinajstić information content (AvgIpc) is 2.48. The Morgan fingerprint density at radius 1 is 1.21 bits per heavy atom. The lowest BCUT2D eigenvalue weighted by Gasteiger charge is -2.29. The third-order valence-corrected chi connectivity index (χ3v) is 2.73. The molecule has 0 aromatic heterocycles. The fourth-order valence-electron chi connectivity index (χ4n) is 2.05. The van der Waals surface area contributed by atoms with E-state index >= 15 is 0 Å². The molecule has 14 heavy (non-hydrogen) atoms. The molecule has 2 rings (SSSR count). The number of imide groups is 1. The van der Waals surface area contributed by atoms with Gasteiger partial charge in [0.25, 0.3) is 0 Å². The van der Waals surface area contributed by atoms with E-state index in [1.54, 1.807) is 0 Å². The third-order valence-electron chi connectivity index (χ3n) is 2.73. The minimum Gasteiger partial charge on any atom is -0.315 e. The third kappa shape index (κ3) is 2.07. The molecule has 1 unspecified atom stereocenters. The molecule has 2 amide bonds. The van der Waals surface area contributed by atoms with Crippen LogP contribution < -0.4 is 5.32 Å². The maximum Gasteiger partial charge on any atom is 0.229 e. The van der Waals surface area contributed by atoms with Gasteiger partial charge in [0.05, 0.1) is 6.04 Å². The number of carbonyl (C=O) groups excluding carboxylic acids is 2. The zero-order valence-corrected chi connectivity index (χ0v) is 8.81. The molecule has 2 aliphatic heterocycles. The second-order valence-corrected chi connectivity index (χ2v) is 3.66. The van der Waals surface area contributed by atoms with Crippen molar-refractivity contribution in [2.24, 2.45) is 0 Å². The summed E-state index contributed by atoms with van der Waals surface area (Å²) in [6, 6.07) is 0.122. The van der Waals surface area contributed by atoms with Gasteiger partial charge >= 0.3 is 0 Å². The Labute approximate surface area is 89.4 Å². The van der Waals surface area contributed by atoms with Gasteiger partial charge in [0.15, 0.2) is 0 Å². The highest BCUT2D eigenvalue weighted by Crippen LogP contribution is 2.19. The molecular formula is C9H15ClN2O2. The smallest absolute Gasteiger partial charge is 0.229 e. The van der Waals surface area contributed by atoms with Gasteiger partial charge in [0.1, 0.15) is 0 Å². The van der Waals surface area contributed by atoms with Crippen LogP contribution in [-0.4, -0.2) is 35.8 Å². The average molecular weight is 219 g/mol. The van der Waals surface area contributed by atoms with E-state index < -0.39 is 0 Å². The largest absolute Gasteiger partial charge is 0.315 e. The molecule has 0 radical (unpaired) electrons. The maximum atomic E-state index is 11.4. The number of rotatable bonds is 1. The van der Waals surface area contributed by atoms with Crippen LogP contribution in [0.15, 0.2) is 0 Å². The molecule has 0 aliphatic carbocycles. The Kier molecular flexibility index (Phi) is 3.89. The molecule has 4 nitrogen and oxygen atoms in total. The Morgan fingerprint density at radius 2 is 1.86 bits per heavy atom. The van der Waals surface area contributed by atoms with Crippen molar-refractivity contribution < 1.29 is 9.59 Å². The van der Waals surface area contributed by atoms with E-state index in [0.29, 0.717) is 12.8 Å². The molecular weight excluding hydrogens is 204 g/mol. The van der Waals surface area contributed by atoms with Crippen molar-refractivity contribution >= 4 is 24.2 Å². The molecule has 2 heterocycles. The van der Waals surface area contributed by atoms with Crippen LogP contribution in [0.5, 0.6) is 0 Å². The van der Waals surface area contributed by atoms with Crippen molar-refractivity contribution in [1.82, 2.24) is 10.2 Å². The summed E-state index contributed by atoms with van der Waals surface area (Å²) in [4.78, 5) is 24.2. The zero-order valence-electron chi connectivity index (χ0n) is 7.99. The lowest BCUT2D eigenvalue weighted by atomic mass is 10.1. The maximum absolute atomic E-state index is 11.4. The predicted octanol–water partition coefficient (Wildman–Crippen LogP) is 0.309. The van der Waals surface area contributed by atoms with E-state index in [2.05, 4.69) is 5.32 Å². The van der Waals surface area contributed by atoms with Crippen LogP contribution in [0.25, 0.3) is 0 Å². The number of nitrogens with zero attached hydrogens (tertiary/aromatic N) is 1. The van der Waals surface area contributed by atoms with Gasteiger partial charge in [-0.2, -0.15) is 0 Å². The minimum absolute atomic E-state index is 0. The molecule has 1 atom stereocenters. The van der Waals surface area contributed by atoms with Gasteiger partial charge < -0.3 is 5.32 Å². The van der Waals surface area contributed by atoms with Crippen LogP contribution in [-0.2, 0) is 9.59 Å². The summed E-state index contributed by atoms with van der Waals surface area (Å²) in [6.45, 7) is 1.78. The van der Waals surface area contributed by atoms with E-state index in [9.17, 15) is 9.59 Å². The first-order valence-corrected chi connectivity index (χ1v) is 4.84. The van der Waals surface area contributed by atoms with Gasteiger partial charge in [-0.15, -0.1) is 12.4 Å². The number of likely N-dealkylation sites (tertiary alicyclic amines) is 1. The van der Waals surface area contributed by atoms with Gasteiger partial charge in [-0.05, 0) is 19.4 Å². The number of hydrogen-bond donors (Lipinski definition) is 1. The molecule has 0 bridgehead atoms. The van der Waals surface area contributed by atoms with Gasteiger partial charge in [-0.25, -0.2) is 0 Å². The Bertz CT molecular complexity index is 223. The molecule has 2 fully saturated rings. The molecule has 1 N–H and O–H groups in total. The van der Waals surface area contributed by atoms with Crippen LogP contribution in [0.4, 0.5) is 0 Å². The number of piperidine rings is 1. The van der Waals surface area contributed by atoms with Crippen LogP contribution in [0.1, 0.15) is 25.7 Å². The molecule has 80 valence electrons. The van der Waals surface area contributed by atoms with Gasteiger partial charge in [-0.3, -0.25) is 14.5 Å². The highest BCUT2D eigenvalue weighted by Gasteiger charge is 2.35. The molecule has 5 heteroatoms. The second kappa shape index (κ2) is 4.75. The second-order valence-electron chi connectivity index (χ2n) is 3.66. The van der Waals surface area contributed by atoms with E-state index in [4.69, 9.17) is 0 Å². The van der Waals surface area contributed by atoms with Crippen LogP contribution in [0.2, 0.25) is 0 Å². The van der Waals surface area contributed by atoms with Gasteiger partial charge in [0.2, 0.25) is 11.8 Å². The molecule has 2 aliphatic rings. The summed E-state index contributed by atoms with van der Waals surface area (Å²) in [6.07, 6.45) is 2.84. The van der Waals surface area contributed by atoms with Crippen molar-refractivity contribution in [3.05, 3.63) is 0 Å². The Morgan fingerprint density at radius 3 is 2.36 bits per heavy atom. The van der Waals surface area contributed by atoms with Crippen molar-refractivity contribution in [3.8, 4) is 0 Å². The summed E-state index contributed by atoms with van der Waals surface area (Å²) in [5.74, 6) is 0.0254. The summed E-state index contributed by atoms with van der Waals surface area (Å²) in [5.41, 5.74) is 0. The molecule has 0 spiro atoms. The molecule has 0 aromatic carbocycles. The lowest BCUT2D eigenvalue weighted by Crippen LogP contribution is -2.48. The SMILES string of the molecule is Cl.O=C1CCC(=O)N1C1CCCNC1. The highest BCUT2D eigenvalue weighted by molar-refractivity contribution is 6.02. The summed E-state index contributed by atoms with van der Waals surface area (Å²) in [7, 11) is 0. The normalized spacial score (nSPS) is 27.7. The van der Waals surface area contributed by atoms with Crippen LogP contribution >= 0.6 is 12.4 Å². The quantitative estimate of drug-likeness (QED) is 0.645. The van der Waals surface area contributed by atoms with Gasteiger partial charge in [0, 0.05) is 19.4 Å². The van der Waals surface area contributed by atoms with Gasteiger partial charge in [-0.1, -0.05) is 0 Å². The number of amides is 2. The summed E-state index contributed by atoms with van der Waals surface area (Å²) in [5, 5.41) is 3.21. The number of hydrogen-bond acceptors (Lipinski definition) is 3. The first kappa shape index (κ1) is 11.5. The number of halogens is 1. The summed E-state index contributed by atoms with van der Waals surface area (Å²) < 4.78 is 0. The number of nitrogens with one attached hydrogen (secondary N) is 1. The zero-order chi connectivity index (χ0) is 9.26. The van der Waals surface area contributed by atoms with E-state index in [-0.39, 0.29) is 30.3 Å². The van der Waals surface area contributed by atoms with Crippen molar-refractivity contribution in [3.63, 3.8) is 0 Å². The lowest BCUT2D eigenvalue weighted by molar-refractivity contribution is -0.141. The van der Waals surface area contributed by atoms with E-state index in [1.165, 1.54) is 4.90 Å². The Hall–Kier alpha value is -0.610. The first-order valence-electron chi connectivity index (χ1n) is 4.84.